The first-order valence-electron chi connectivity index (χ1n) is 7.04. The Hall–Kier alpha value is -1.95. The average Bonchev–Trinajstić information content (AvgIpc) is 3.01. The Bertz CT molecular complexity index is 574. The molecule has 3 rings (SSSR count). The smallest absolute Gasteiger partial charge is 0.232 e. The van der Waals surface area contributed by atoms with Gasteiger partial charge in [-0.1, -0.05) is 6.07 Å². The summed E-state index contributed by atoms with van der Waals surface area (Å²) in [7, 11) is 0. The second kappa shape index (κ2) is 6.67. The van der Waals surface area contributed by atoms with Gasteiger partial charge in [-0.3, -0.25) is 9.78 Å². The molecule has 1 saturated heterocycles. The van der Waals surface area contributed by atoms with Crippen molar-refractivity contribution in [2.75, 3.05) is 13.1 Å². The molecule has 0 N–H and O–H groups in total. The molecule has 5 nitrogen and oxygen atoms in total. The van der Waals surface area contributed by atoms with Crippen LogP contribution in [0.15, 0.2) is 36.1 Å². The van der Waals surface area contributed by atoms with Gasteiger partial charge in [0.05, 0.1) is 19.2 Å². The number of nitrogens with zero attached hydrogens (tertiary/aromatic N) is 3. The molecular formula is C15H17N3O2S. The van der Waals surface area contributed by atoms with Crippen LogP contribution in [0, 0.1) is 0 Å². The van der Waals surface area contributed by atoms with Crippen LogP contribution in [-0.4, -0.2) is 40.0 Å². The van der Waals surface area contributed by atoms with Gasteiger partial charge in [0.1, 0.15) is 6.10 Å². The summed E-state index contributed by atoms with van der Waals surface area (Å²) in [6.07, 6.45) is 7.22. The van der Waals surface area contributed by atoms with Gasteiger partial charge in [0.15, 0.2) is 0 Å². The summed E-state index contributed by atoms with van der Waals surface area (Å²) in [4.78, 5) is 23.4. The zero-order chi connectivity index (χ0) is 14.5. The van der Waals surface area contributed by atoms with Gasteiger partial charge in [0, 0.05) is 23.8 Å². The van der Waals surface area contributed by atoms with E-state index in [0.717, 1.165) is 24.3 Å². The van der Waals surface area contributed by atoms with E-state index in [4.69, 9.17) is 4.74 Å². The molecule has 1 amide bonds. The number of aromatic nitrogens is 2. The van der Waals surface area contributed by atoms with Gasteiger partial charge in [-0.2, -0.15) is 0 Å². The average molecular weight is 303 g/mol. The summed E-state index contributed by atoms with van der Waals surface area (Å²) >= 11 is 1.62. The molecule has 2 aromatic heterocycles. The maximum absolute atomic E-state index is 12.3. The SMILES string of the molecule is O=C(Cc1cccs1)N1CCC[C@@H](Oc2cnccn2)C1. The lowest BCUT2D eigenvalue weighted by atomic mass is 10.1. The van der Waals surface area contributed by atoms with Gasteiger partial charge in [-0.25, -0.2) is 4.98 Å². The number of thiophene rings is 1. The minimum absolute atomic E-state index is 0.00253. The Morgan fingerprint density at radius 2 is 2.43 bits per heavy atom. The fourth-order valence-corrected chi connectivity index (χ4v) is 3.15. The molecule has 0 aliphatic carbocycles. The van der Waals surface area contributed by atoms with Crippen LogP contribution in [0.25, 0.3) is 0 Å². The standard InChI is InChI=1S/C15H17N3O2S/c19-15(9-13-4-2-8-21-13)18-7-1-3-12(11-18)20-14-10-16-5-6-17-14/h2,4-6,8,10,12H,1,3,7,9,11H2/t12-/m1/s1. The van der Waals surface area contributed by atoms with Crippen molar-refractivity contribution in [3.8, 4) is 5.88 Å². The number of amides is 1. The zero-order valence-electron chi connectivity index (χ0n) is 11.6. The third kappa shape index (κ3) is 3.78. The number of piperidine rings is 1. The molecule has 1 aliphatic rings. The predicted molar refractivity (Wildman–Crippen MR) is 80.3 cm³/mol. The van der Waals surface area contributed by atoms with E-state index >= 15 is 0 Å². The van der Waals surface area contributed by atoms with Crippen molar-refractivity contribution in [3.63, 3.8) is 0 Å². The third-order valence-electron chi connectivity index (χ3n) is 3.46. The Morgan fingerprint density at radius 1 is 1.48 bits per heavy atom. The van der Waals surface area contributed by atoms with Gasteiger partial charge in [0.2, 0.25) is 11.8 Å². The third-order valence-corrected chi connectivity index (χ3v) is 4.34. The zero-order valence-corrected chi connectivity index (χ0v) is 12.5. The normalized spacial score (nSPS) is 18.5. The van der Waals surface area contributed by atoms with Crippen LogP contribution in [0.3, 0.4) is 0 Å². The van der Waals surface area contributed by atoms with Gasteiger partial charge < -0.3 is 9.64 Å². The minimum atomic E-state index is 0.00253. The Morgan fingerprint density at radius 3 is 3.19 bits per heavy atom. The van der Waals surface area contributed by atoms with Crippen LogP contribution in [-0.2, 0) is 11.2 Å². The van der Waals surface area contributed by atoms with Crippen molar-refractivity contribution in [1.82, 2.24) is 14.9 Å². The predicted octanol–water partition coefficient (Wildman–Crippen LogP) is 2.15. The molecule has 0 unspecified atom stereocenters. The molecule has 1 aliphatic heterocycles. The number of hydrogen-bond acceptors (Lipinski definition) is 5. The van der Waals surface area contributed by atoms with Crippen molar-refractivity contribution in [1.29, 1.82) is 0 Å². The highest BCUT2D eigenvalue weighted by atomic mass is 32.1. The highest BCUT2D eigenvalue weighted by Crippen LogP contribution is 2.18. The van der Waals surface area contributed by atoms with E-state index in [9.17, 15) is 4.79 Å². The van der Waals surface area contributed by atoms with Gasteiger partial charge in [0.25, 0.3) is 0 Å². The van der Waals surface area contributed by atoms with E-state index < -0.39 is 0 Å². The van der Waals surface area contributed by atoms with E-state index in [1.165, 1.54) is 0 Å². The summed E-state index contributed by atoms with van der Waals surface area (Å²) in [5.41, 5.74) is 0. The molecular weight excluding hydrogens is 286 g/mol. The number of rotatable bonds is 4. The number of carbonyl (C=O) groups is 1. The summed E-state index contributed by atoms with van der Waals surface area (Å²) in [6.45, 7) is 1.44. The number of ether oxygens (including phenoxy) is 1. The lowest BCUT2D eigenvalue weighted by molar-refractivity contribution is -0.133. The molecule has 21 heavy (non-hydrogen) atoms. The molecule has 1 atom stereocenters. The maximum atomic E-state index is 12.3. The number of likely N-dealkylation sites (tertiary alicyclic amines) is 1. The molecule has 1 fully saturated rings. The molecule has 3 heterocycles. The van der Waals surface area contributed by atoms with Crippen molar-refractivity contribution in [2.45, 2.75) is 25.4 Å². The van der Waals surface area contributed by atoms with Gasteiger partial charge in [-0.15, -0.1) is 11.3 Å². The Balaban J connectivity index is 1.56. The molecule has 0 radical (unpaired) electrons. The fourth-order valence-electron chi connectivity index (χ4n) is 2.45. The largest absolute Gasteiger partial charge is 0.471 e. The lowest BCUT2D eigenvalue weighted by Crippen LogP contribution is -2.45. The summed E-state index contributed by atoms with van der Waals surface area (Å²) in [5.74, 6) is 0.694. The second-order valence-corrected chi connectivity index (χ2v) is 6.05. The van der Waals surface area contributed by atoms with Crippen molar-refractivity contribution < 1.29 is 9.53 Å². The monoisotopic (exact) mass is 303 g/mol. The molecule has 0 saturated carbocycles. The first-order chi connectivity index (χ1) is 10.3. The van der Waals surface area contributed by atoms with Gasteiger partial charge >= 0.3 is 0 Å². The molecule has 0 bridgehead atoms. The first-order valence-corrected chi connectivity index (χ1v) is 7.92. The Kier molecular flexibility index (Phi) is 4.45. The first kappa shape index (κ1) is 14.0. The highest BCUT2D eigenvalue weighted by Gasteiger charge is 2.25. The van der Waals surface area contributed by atoms with Crippen molar-refractivity contribution in [2.24, 2.45) is 0 Å². The Labute approximate surface area is 127 Å². The van der Waals surface area contributed by atoms with Crippen LogP contribution in [0.5, 0.6) is 5.88 Å². The summed E-state index contributed by atoms with van der Waals surface area (Å²) in [6, 6.07) is 3.98. The van der Waals surface area contributed by atoms with Gasteiger partial charge in [-0.05, 0) is 24.3 Å². The molecule has 110 valence electrons. The van der Waals surface area contributed by atoms with Crippen LogP contribution >= 0.6 is 11.3 Å². The van der Waals surface area contributed by atoms with E-state index in [-0.39, 0.29) is 12.0 Å². The molecule has 0 aromatic carbocycles. The van der Waals surface area contributed by atoms with Crippen LogP contribution in [0.1, 0.15) is 17.7 Å². The fraction of sp³-hybridized carbons (Fsp3) is 0.400. The molecule has 0 spiro atoms. The second-order valence-electron chi connectivity index (χ2n) is 5.02. The van der Waals surface area contributed by atoms with Crippen LogP contribution in [0.2, 0.25) is 0 Å². The van der Waals surface area contributed by atoms with Crippen molar-refractivity contribution >= 4 is 17.2 Å². The molecule has 6 heteroatoms. The summed E-state index contributed by atoms with van der Waals surface area (Å²) in [5, 5.41) is 2.00. The summed E-state index contributed by atoms with van der Waals surface area (Å²) < 4.78 is 5.81. The maximum Gasteiger partial charge on any atom is 0.232 e. The topological polar surface area (TPSA) is 55.3 Å². The highest BCUT2D eigenvalue weighted by molar-refractivity contribution is 7.10. The van der Waals surface area contributed by atoms with E-state index in [1.807, 2.05) is 22.4 Å². The quantitative estimate of drug-likeness (QED) is 0.868. The van der Waals surface area contributed by atoms with Crippen molar-refractivity contribution in [3.05, 3.63) is 41.0 Å². The van der Waals surface area contributed by atoms with E-state index in [1.54, 1.807) is 29.9 Å². The molecule has 2 aromatic rings. The van der Waals surface area contributed by atoms with E-state index in [0.29, 0.717) is 18.8 Å². The lowest BCUT2D eigenvalue weighted by Gasteiger charge is -2.32. The number of carbonyl (C=O) groups excluding carboxylic acids is 1. The van der Waals surface area contributed by atoms with Crippen LogP contribution < -0.4 is 4.74 Å². The number of hydrogen-bond donors (Lipinski definition) is 0. The minimum Gasteiger partial charge on any atom is -0.471 e. The van der Waals surface area contributed by atoms with Crippen LogP contribution in [0.4, 0.5) is 0 Å². The van der Waals surface area contributed by atoms with E-state index in [2.05, 4.69) is 9.97 Å².